The third-order valence-electron chi connectivity index (χ3n) is 3.47. The maximum absolute atomic E-state index is 12.3. The molecular formula is C18H14O3. The third kappa shape index (κ3) is 2.38. The predicted octanol–water partition coefficient (Wildman–Crippen LogP) is 4.05. The number of carbonyl (C=O) groups is 1. The lowest BCUT2D eigenvalue weighted by atomic mass is 9.99. The summed E-state index contributed by atoms with van der Waals surface area (Å²) < 4.78 is 5.20. The molecule has 0 aliphatic heterocycles. The highest BCUT2D eigenvalue weighted by molar-refractivity contribution is 6.00. The Bertz CT molecular complexity index is 861. The SMILES string of the molecule is CCC(=O)c1cc2cccc(-c3ccccc3)c2c(=O)o1. The summed E-state index contributed by atoms with van der Waals surface area (Å²) in [4.78, 5) is 24.0. The summed E-state index contributed by atoms with van der Waals surface area (Å²) in [5, 5.41) is 1.24. The van der Waals surface area contributed by atoms with Crippen LogP contribution in [0.25, 0.3) is 21.9 Å². The van der Waals surface area contributed by atoms with Crippen LogP contribution in [0.1, 0.15) is 23.9 Å². The molecule has 0 fully saturated rings. The van der Waals surface area contributed by atoms with Gasteiger partial charge in [0.15, 0.2) is 11.5 Å². The summed E-state index contributed by atoms with van der Waals surface area (Å²) >= 11 is 0. The third-order valence-corrected chi connectivity index (χ3v) is 3.47. The van der Waals surface area contributed by atoms with E-state index in [1.165, 1.54) is 0 Å². The minimum Gasteiger partial charge on any atom is -0.419 e. The number of hydrogen-bond acceptors (Lipinski definition) is 3. The van der Waals surface area contributed by atoms with Gasteiger partial charge in [-0.2, -0.15) is 0 Å². The number of carbonyl (C=O) groups excluding carboxylic acids is 1. The van der Waals surface area contributed by atoms with Crippen LogP contribution < -0.4 is 5.63 Å². The smallest absolute Gasteiger partial charge is 0.344 e. The van der Waals surface area contributed by atoms with Crippen molar-refractivity contribution < 1.29 is 9.21 Å². The molecule has 1 heterocycles. The van der Waals surface area contributed by atoms with E-state index in [-0.39, 0.29) is 11.5 Å². The molecule has 0 saturated carbocycles. The first kappa shape index (κ1) is 13.3. The molecule has 0 bridgehead atoms. The standard InChI is InChI=1S/C18H14O3/c1-2-15(19)16-11-13-9-6-10-14(17(13)18(20)21-16)12-7-4-3-5-8-12/h3-11H,2H2,1H3. The fourth-order valence-corrected chi connectivity index (χ4v) is 2.41. The van der Waals surface area contributed by atoms with Gasteiger partial charge < -0.3 is 4.42 Å². The second-order valence-corrected chi connectivity index (χ2v) is 4.81. The molecule has 0 amide bonds. The molecule has 3 nitrogen and oxygen atoms in total. The molecule has 0 aliphatic carbocycles. The topological polar surface area (TPSA) is 47.3 Å². The molecule has 0 aliphatic rings. The molecule has 3 aromatic rings. The zero-order chi connectivity index (χ0) is 14.8. The Hall–Kier alpha value is -2.68. The van der Waals surface area contributed by atoms with E-state index in [4.69, 9.17) is 4.42 Å². The number of ketones is 1. The van der Waals surface area contributed by atoms with Crippen molar-refractivity contribution in [3.05, 3.63) is 70.8 Å². The average molecular weight is 278 g/mol. The van der Waals surface area contributed by atoms with Crippen molar-refractivity contribution in [1.29, 1.82) is 0 Å². The maximum atomic E-state index is 12.3. The van der Waals surface area contributed by atoms with Gasteiger partial charge in [0.2, 0.25) is 0 Å². The van der Waals surface area contributed by atoms with Gasteiger partial charge in [-0.15, -0.1) is 0 Å². The minimum atomic E-state index is -0.469. The zero-order valence-electron chi connectivity index (χ0n) is 11.6. The van der Waals surface area contributed by atoms with E-state index in [0.717, 1.165) is 16.5 Å². The quantitative estimate of drug-likeness (QED) is 0.679. The molecule has 1 aromatic heterocycles. The molecule has 0 unspecified atom stereocenters. The highest BCUT2D eigenvalue weighted by atomic mass is 16.4. The van der Waals surface area contributed by atoms with Crippen molar-refractivity contribution in [2.45, 2.75) is 13.3 Å². The van der Waals surface area contributed by atoms with E-state index in [0.29, 0.717) is 11.8 Å². The average Bonchev–Trinajstić information content (AvgIpc) is 2.54. The normalized spacial score (nSPS) is 10.7. The molecule has 104 valence electrons. The molecular weight excluding hydrogens is 264 g/mol. The van der Waals surface area contributed by atoms with Gasteiger partial charge in [0.25, 0.3) is 0 Å². The van der Waals surface area contributed by atoms with Gasteiger partial charge in [-0.1, -0.05) is 55.5 Å². The lowest BCUT2D eigenvalue weighted by Crippen LogP contribution is -2.07. The van der Waals surface area contributed by atoms with Crippen LogP contribution >= 0.6 is 0 Å². The number of hydrogen-bond donors (Lipinski definition) is 0. The number of Topliss-reactive ketones (excluding diaryl/α,β-unsaturated/α-hetero) is 1. The first-order chi connectivity index (χ1) is 10.2. The Morgan fingerprint density at radius 1 is 1.05 bits per heavy atom. The van der Waals surface area contributed by atoms with Crippen LogP contribution in [-0.4, -0.2) is 5.78 Å². The summed E-state index contributed by atoms with van der Waals surface area (Å²) in [5.74, 6) is -0.0423. The van der Waals surface area contributed by atoms with Gasteiger partial charge in [-0.25, -0.2) is 4.79 Å². The van der Waals surface area contributed by atoms with Gasteiger partial charge in [-0.05, 0) is 22.6 Å². The van der Waals surface area contributed by atoms with Gasteiger partial charge in [-0.3, -0.25) is 4.79 Å². The Balaban J connectivity index is 2.30. The maximum Gasteiger partial charge on any atom is 0.344 e. The highest BCUT2D eigenvalue weighted by Gasteiger charge is 2.13. The van der Waals surface area contributed by atoms with Crippen molar-refractivity contribution in [1.82, 2.24) is 0 Å². The van der Waals surface area contributed by atoms with Crippen LogP contribution in [0.5, 0.6) is 0 Å². The molecule has 0 saturated heterocycles. The van der Waals surface area contributed by atoms with Gasteiger partial charge in [0, 0.05) is 6.42 Å². The van der Waals surface area contributed by atoms with Crippen LogP contribution in [0.15, 0.2) is 63.8 Å². The Morgan fingerprint density at radius 3 is 2.52 bits per heavy atom. The molecule has 0 atom stereocenters. The van der Waals surface area contributed by atoms with Crippen LogP contribution in [0.4, 0.5) is 0 Å². The van der Waals surface area contributed by atoms with Crippen LogP contribution in [0.2, 0.25) is 0 Å². The van der Waals surface area contributed by atoms with Crippen molar-refractivity contribution in [3.8, 4) is 11.1 Å². The summed E-state index contributed by atoms with van der Waals surface area (Å²) in [6, 6.07) is 16.9. The molecule has 0 N–H and O–H groups in total. The van der Waals surface area contributed by atoms with Gasteiger partial charge in [0.05, 0.1) is 5.39 Å². The highest BCUT2D eigenvalue weighted by Crippen LogP contribution is 2.26. The van der Waals surface area contributed by atoms with E-state index >= 15 is 0 Å². The molecule has 0 spiro atoms. The number of fused-ring (bicyclic) bond motifs is 1. The van der Waals surface area contributed by atoms with Crippen molar-refractivity contribution in [3.63, 3.8) is 0 Å². The fraction of sp³-hybridized carbons (Fsp3) is 0.111. The molecule has 2 aromatic carbocycles. The zero-order valence-corrected chi connectivity index (χ0v) is 11.6. The monoisotopic (exact) mass is 278 g/mol. The number of benzene rings is 2. The number of rotatable bonds is 3. The minimum absolute atomic E-state index is 0.125. The lowest BCUT2D eigenvalue weighted by molar-refractivity contribution is 0.0957. The van der Waals surface area contributed by atoms with Crippen molar-refractivity contribution in [2.24, 2.45) is 0 Å². The molecule has 3 rings (SSSR count). The van der Waals surface area contributed by atoms with Gasteiger partial charge in [0.1, 0.15) is 0 Å². The Kier molecular flexibility index (Phi) is 3.40. The van der Waals surface area contributed by atoms with E-state index in [1.807, 2.05) is 48.5 Å². The molecule has 21 heavy (non-hydrogen) atoms. The molecule has 3 heteroatoms. The van der Waals surface area contributed by atoms with Crippen LogP contribution in [-0.2, 0) is 0 Å². The summed E-state index contributed by atoms with van der Waals surface area (Å²) in [6.07, 6.45) is 0.312. The van der Waals surface area contributed by atoms with E-state index in [1.54, 1.807) is 13.0 Å². The largest absolute Gasteiger partial charge is 0.419 e. The van der Waals surface area contributed by atoms with E-state index in [2.05, 4.69) is 0 Å². The van der Waals surface area contributed by atoms with Crippen LogP contribution in [0, 0.1) is 0 Å². The lowest BCUT2D eigenvalue weighted by Gasteiger charge is -2.06. The van der Waals surface area contributed by atoms with Crippen molar-refractivity contribution in [2.75, 3.05) is 0 Å². The van der Waals surface area contributed by atoms with E-state index in [9.17, 15) is 9.59 Å². The van der Waals surface area contributed by atoms with Gasteiger partial charge >= 0.3 is 5.63 Å². The molecule has 0 radical (unpaired) electrons. The predicted molar refractivity (Wildman–Crippen MR) is 82.5 cm³/mol. The van der Waals surface area contributed by atoms with E-state index < -0.39 is 5.63 Å². The van der Waals surface area contributed by atoms with Crippen LogP contribution in [0.3, 0.4) is 0 Å². The summed E-state index contributed by atoms with van der Waals surface area (Å²) in [7, 11) is 0. The first-order valence-corrected chi connectivity index (χ1v) is 6.86. The second-order valence-electron chi connectivity index (χ2n) is 4.81. The fourth-order valence-electron chi connectivity index (χ4n) is 2.41. The first-order valence-electron chi connectivity index (χ1n) is 6.86. The Morgan fingerprint density at radius 2 is 1.81 bits per heavy atom. The Labute approximate surface area is 121 Å². The second kappa shape index (κ2) is 5.37. The summed E-state index contributed by atoms with van der Waals surface area (Å²) in [6.45, 7) is 1.74. The summed E-state index contributed by atoms with van der Waals surface area (Å²) in [5.41, 5.74) is 1.30. The van der Waals surface area contributed by atoms with Crippen molar-refractivity contribution >= 4 is 16.6 Å².